The number of halogens is 1. The Labute approximate surface area is 161 Å². The van der Waals surface area contributed by atoms with Crippen LogP contribution in [0.5, 0.6) is 5.75 Å². The molecule has 0 saturated heterocycles. The molecule has 0 aliphatic carbocycles. The molecule has 0 aromatic heterocycles. The van der Waals surface area contributed by atoms with Gasteiger partial charge in [0, 0.05) is 13.1 Å². The minimum absolute atomic E-state index is 0.0503. The van der Waals surface area contributed by atoms with Crippen molar-refractivity contribution in [3.8, 4) is 5.75 Å². The Balaban J connectivity index is 1.41. The predicted molar refractivity (Wildman–Crippen MR) is 98.1 cm³/mol. The molecule has 2 aromatic rings. The topological polar surface area (TPSA) is 84.9 Å². The monoisotopic (exact) mass is 386 g/mol. The third-order valence-corrected chi connectivity index (χ3v) is 4.11. The van der Waals surface area contributed by atoms with E-state index in [1.54, 1.807) is 36.4 Å². The van der Waals surface area contributed by atoms with Crippen molar-refractivity contribution >= 4 is 23.5 Å². The second-order valence-electron chi connectivity index (χ2n) is 6.12. The Morgan fingerprint density at radius 1 is 1.14 bits per heavy atom. The average molecular weight is 386 g/mol. The van der Waals surface area contributed by atoms with Crippen LogP contribution in [-0.4, -0.2) is 37.5 Å². The number of hydrogen-bond acceptors (Lipinski definition) is 5. The number of esters is 1. The molecule has 2 amide bonds. The Kier molecular flexibility index (Phi) is 6.21. The Hall–Kier alpha value is -3.42. The van der Waals surface area contributed by atoms with Crippen LogP contribution in [0.3, 0.4) is 0 Å². The molecule has 28 heavy (non-hydrogen) atoms. The second kappa shape index (κ2) is 8.98. The van der Waals surface area contributed by atoms with Gasteiger partial charge in [-0.1, -0.05) is 24.3 Å². The van der Waals surface area contributed by atoms with Gasteiger partial charge in [-0.2, -0.15) is 0 Å². The molecular weight excluding hydrogens is 367 g/mol. The summed E-state index contributed by atoms with van der Waals surface area (Å²) >= 11 is 0. The summed E-state index contributed by atoms with van der Waals surface area (Å²) in [7, 11) is 0. The van der Waals surface area contributed by atoms with E-state index >= 15 is 0 Å². The van der Waals surface area contributed by atoms with Crippen LogP contribution in [0.4, 0.5) is 10.1 Å². The summed E-state index contributed by atoms with van der Waals surface area (Å²) in [5, 5.41) is 2.58. The molecule has 0 radical (unpaired) electrons. The molecule has 146 valence electrons. The third-order valence-electron chi connectivity index (χ3n) is 4.11. The summed E-state index contributed by atoms with van der Waals surface area (Å²) in [5.41, 5.74) is 1.33. The Morgan fingerprint density at radius 3 is 2.68 bits per heavy atom. The lowest BCUT2D eigenvalue weighted by atomic mass is 10.2. The maximum Gasteiger partial charge on any atom is 0.308 e. The van der Waals surface area contributed by atoms with E-state index in [1.807, 2.05) is 0 Å². The highest BCUT2D eigenvalue weighted by atomic mass is 19.1. The first kappa shape index (κ1) is 19.3. The summed E-state index contributed by atoms with van der Waals surface area (Å²) in [6, 6.07) is 12.8. The van der Waals surface area contributed by atoms with E-state index in [0.717, 1.165) is 5.56 Å². The van der Waals surface area contributed by atoms with Crippen molar-refractivity contribution in [2.75, 3.05) is 24.7 Å². The summed E-state index contributed by atoms with van der Waals surface area (Å²) < 4.78 is 23.1. The quantitative estimate of drug-likeness (QED) is 0.734. The SMILES string of the molecule is O=C(COC(=O)CCN1C(=O)COc2ccccc21)NCc1ccc(F)cc1. The minimum Gasteiger partial charge on any atom is -0.482 e. The standard InChI is InChI=1S/C20H19FN2O5/c21-15-7-5-14(6-8-15)11-22-18(24)12-28-20(26)9-10-23-16-3-1-2-4-17(16)27-13-19(23)25/h1-8H,9-13H2,(H,22,24). The van der Waals surface area contributed by atoms with Crippen LogP contribution in [0.1, 0.15) is 12.0 Å². The molecule has 1 N–H and O–H groups in total. The molecule has 1 aliphatic heterocycles. The maximum atomic E-state index is 12.8. The van der Waals surface area contributed by atoms with Crippen molar-refractivity contribution in [1.29, 1.82) is 0 Å². The lowest BCUT2D eigenvalue weighted by Crippen LogP contribution is -2.40. The molecule has 8 heteroatoms. The molecule has 0 unspecified atom stereocenters. The molecule has 0 spiro atoms. The number of hydrogen-bond donors (Lipinski definition) is 1. The van der Waals surface area contributed by atoms with E-state index in [2.05, 4.69) is 5.32 Å². The number of benzene rings is 2. The van der Waals surface area contributed by atoms with Gasteiger partial charge in [0.1, 0.15) is 11.6 Å². The van der Waals surface area contributed by atoms with Gasteiger partial charge in [-0.05, 0) is 29.8 Å². The fourth-order valence-electron chi connectivity index (χ4n) is 2.67. The zero-order valence-electron chi connectivity index (χ0n) is 15.0. The van der Waals surface area contributed by atoms with Gasteiger partial charge in [-0.25, -0.2) is 4.39 Å². The van der Waals surface area contributed by atoms with E-state index in [0.29, 0.717) is 11.4 Å². The summed E-state index contributed by atoms with van der Waals surface area (Å²) in [6.07, 6.45) is -0.0503. The van der Waals surface area contributed by atoms with E-state index < -0.39 is 18.5 Å². The van der Waals surface area contributed by atoms with Crippen LogP contribution in [0, 0.1) is 5.82 Å². The number of rotatable bonds is 7. The zero-order valence-corrected chi connectivity index (χ0v) is 15.0. The number of nitrogens with zero attached hydrogens (tertiary/aromatic N) is 1. The van der Waals surface area contributed by atoms with Gasteiger partial charge in [0.05, 0.1) is 12.1 Å². The maximum absolute atomic E-state index is 12.8. The lowest BCUT2D eigenvalue weighted by Gasteiger charge is -2.28. The molecule has 1 heterocycles. The van der Waals surface area contributed by atoms with E-state index in [1.165, 1.54) is 17.0 Å². The van der Waals surface area contributed by atoms with Crippen LogP contribution in [-0.2, 0) is 25.7 Å². The minimum atomic E-state index is -0.589. The van der Waals surface area contributed by atoms with E-state index in [9.17, 15) is 18.8 Å². The van der Waals surface area contributed by atoms with Crippen LogP contribution < -0.4 is 15.0 Å². The first-order chi connectivity index (χ1) is 13.5. The number of fused-ring (bicyclic) bond motifs is 1. The lowest BCUT2D eigenvalue weighted by molar-refractivity contribution is -0.148. The van der Waals surface area contributed by atoms with Crippen LogP contribution in [0.25, 0.3) is 0 Å². The predicted octanol–water partition coefficient (Wildman–Crippen LogP) is 1.80. The molecule has 1 aliphatic rings. The van der Waals surface area contributed by atoms with Gasteiger partial charge in [0.2, 0.25) is 0 Å². The first-order valence-corrected chi connectivity index (χ1v) is 8.72. The number of carbonyl (C=O) groups excluding carboxylic acids is 3. The summed E-state index contributed by atoms with van der Waals surface area (Å²) in [4.78, 5) is 37.2. The van der Waals surface area contributed by atoms with Crippen molar-refractivity contribution in [2.45, 2.75) is 13.0 Å². The Morgan fingerprint density at radius 2 is 1.89 bits per heavy atom. The molecule has 0 saturated carbocycles. The van der Waals surface area contributed by atoms with Gasteiger partial charge in [0.25, 0.3) is 11.8 Å². The molecular formula is C20H19FN2O5. The first-order valence-electron chi connectivity index (χ1n) is 8.72. The van der Waals surface area contributed by atoms with Gasteiger partial charge >= 0.3 is 5.97 Å². The Bertz CT molecular complexity index is 869. The zero-order chi connectivity index (χ0) is 19.9. The normalized spacial score (nSPS) is 12.8. The van der Waals surface area contributed by atoms with E-state index in [4.69, 9.17) is 9.47 Å². The molecule has 0 atom stereocenters. The average Bonchev–Trinajstić information content (AvgIpc) is 2.71. The molecule has 0 bridgehead atoms. The van der Waals surface area contributed by atoms with Crippen LogP contribution in [0.2, 0.25) is 0 Å². The highest BCUT2D eigenvalue weighted by Crippen LogP contribution is 2.31. The fourth-order valence-corrected chi connectivity index (χ4v) is 2.67. The fraction of sp³-hybridized carbons (Fsp3) is 0.250. The van der Waals surface area contributed by atoms with Crippen molar-refractivity contribution in [1.82, 2.24) is 5.32 Å². The third kappa shape index (κ3) is 5.06. The number of para-hydroxylation sites is 2. The number of amides is 2. The number of carbonyl (C=O) groups is 3. The molecule has 7 nitrogen and oxygen atoms in total. The van der Waals surface area contributed by atoms with Crippen molar-refractivity contribution in [3.63, 3.8) is 0 Å². The number of ether oxygens (including phenoxy) is 2. The highest BCUT2D eigenvalue weighted by Gasteiger charge is 2.25. The molecule has 3 rings (SSSR count). The van der Waals surface area contributed by atoms with Gasteiger partial charge in [0.15, 0.2) is 13.2 Å². The van der Waals surface area contributed by atoms with Crippen molar-refractivity contribution in [3.05, 3.63) is 59.9 Å². The van der Waals surface area contributed by atoms with E-state index in [-0.39, 0.29) is 37.8 Å². The second-order valence-corrected chi connectivity index (χ2v) is 6.12. The van der Waals surface area contributed by atoms with Gasteiger partial charge in [-0.15, -0.1) is 0 Å². The van der Waals surface area contributed by atoms with Gasteiger partial charge < -0.3 is 19.7 Å². The number of nitrogens with one attached hydrogen (secondary N) is 1. The number of anilines is 1. The van der Waals surface area contributed by atoms with Crippen molar-refractivity contribution in [2.24, 2.45) is 0 Å². The summed E-state index contributed by atoms with van der Waals surface area (Å²) in [5.74, 6) is -1.08. The van der Waals surface area contributed by atoms with Gasteiger partial charge in [-0.3, -0.25) is 14.4 Å². The molecule has 2 aromatic carbocycles. The largest absolute Gasteiger partial charge is 0.482 e. The smallest absolute Gasteiger partial charge is 0.308 e. The molecule has 0 fully saturated rings. The van der Waals surface area contributed by atoms with Crippen molar-refractivity contribution < 1.29 is 28.2 Å². The van der Waals surface area contributed by atoms with Crippen LogP contribution in [0.15, 0.2) is 48.5 Å². The summed E-state index contributed by atoms with van der Waals surface area (Å²) in [6.45, 7) is -0.170. The van der Waals surface area contributed by atoms with Crippen LogP contribution >= 0.6 is 0 Å². The highest BCUT2D eigenvalue weighted by molar-refractivity contribution is 5.98.